The second-order valence-electron chi connectivity index (χ2n) is 2.55. The molecule has 12 heavy (non-hydrogen) atoms. The highest BCUT2D eigenvalue weighted by molar-refractivity contribution is 5.73. The SMILES string of the molecule is [C-]1=[NH+]C=C1OCc1ccccc1. The molecule has 1 aromatic rings. The van der Waals surface area contributed by atoms with E-state index in [1.807, 2.05) is 30.3 Å². The van der Waals surface area contributed by atoms with E-state index in [1.165, 1.54) is 5.56 Å². The summed E-state index contributed by atoms with van der Waals surface area (Å²) in [4.78, 5) is 2.76. The average molecular weight is 159 g/mol. The molecule has 2 heteroatoms. The first-order valence-electron chi connectivity index (χ1n) is 3.83. The lowest BCUT2D eigenvalue weighted by molar-refractivity contribution is -0.386. The zero-order valence-electron chi connectivity index (χ0n) is 6.58. The smallest absolute Gasteiger partial charge is 0.163 e. The van der Waals surface area contributed by atoms with Gasteiger partial charge in [-0.2, -0.15) is 0 Å². The normalized spacial score (nSPS) is 13.5. The monoisotopic (exact) mass is 159 g/mol. The van der Waals surface area contributed by atoms with E-state index >= 15 is 0 Å². The molecule has 2 nitrogen and oxygen atoms in total. The molecule has 0 aromatic heterocycles. The lowest BCUT2D eigenvalue weighted by Gasteiger charge is -2.08. The van der Waals surface area contributed by atoms with Gasteiger partial charge in [0.05, 0.1) is 0 Å². The fourth-order valence-corrected chi connectivity index (χ4v) is 0.944. The number of hydrogen-bond acceptors (Lipinski definition) is 1. The largest absolute Gasteiger partial charge is 0.503 e. The van der Waals surface area contributed by atoms with E-state index in [0.29, 0.717) is 6.61 Å². The van der Waals surface area contributed by atoms with Crippen molar-refractivity contribution in [2.45, 2.75) is 6.61 Å². The van der Waals surface area contributed by atoms with Crippen molar-refractivity contribution in [2.75, 3.05) is 0 Å². The molecular formula is C10H9NO. The number of hydrogen-bond donors (Lipinski definition) is 1. The Kier molecular flexibility index (Phi) is 1.90. The molecule has 0 amide bonds. The quantitative estimate of drug-likeness (QED) is 0.620. The maximum Gasteiger partial charge on any atom is 0.163 e. The van der Waals surface area contributed by atoms with Gasteiger partial charge in [0.2, 0.25) is 0 Å². The van der Waals surface area contributed by atoms with Crippen molar-refractivity contribution < 1.29 is 9.73 Å². The summed E-state index contributed by atoms with van der Waals surface area (Å²) >= 11 is 0. The summed E-state index contributed by atoms with van der Waals surface area (Å²) in [7, 11) is 0. The molecule has 1 aliphatic heterocycles. The molecule has 0 atom stereocenters. The van der Waals surface area contributed by atoms with Crippen LogP contribution in [-0.2, 0) is 11.3 Å². The molecule has 1 N–H and O–H groups in total. The van der Waals surface area contributed by atoms with Crippen molar-refractivity contribution in [3.63, 3.8) is 0 Å². The van der Waals surface area contributed by atoms with Gasteiger partial charge in [-0.15, -0.1) is 0 Å². The Morgan fingerprint density at radius 2 is 2.00 bits per heavy atom. The summed E-state index contributed by atoms with van der Waals surface area (Å²) in [6.07, 6.45) is 4.59. The molecule has 0 spiro atoms. The van der Waals surface area contributed by atoms with Crippen LogP contribution in [0.5, 0.6) is 0 Å². The van der Waals surface area contributed by atoms with Crippen LogP contribution in [0.3, 0.4) is 0 Å². The minimum absolute atomic E-state index is 0.612. The molecule has 1 heterocycles. The van der Waals surface area contributed by atoms with Crippen LogP contribution in [0.15, 0.2) is 42.3 Å². The van der Waals surface area contributed by atoms with Crippen molar-refractivity contribution in [1.29, 1.82) is 0 Å². The predicted octanol–water partition coefficient (Wildman–Crippen LogP) is 0.0866. The molecule has 0 saturated heterocycles. The van der Waals surface area contributed by atoms with E-state index < -0.39 is 0 Å². The summed E-state index contributed by atoms with van der Waals surface area (Å²) in [5, 5.41) is 0. The van der Waals surface area contributed by atoms with Gasteiger partial charge in [0.25, 0.3) is 0 Å². The second-order valence-corrected chi connectivity index (χ2v) is 2.55. The second kappa shape index (κ2) is 3.22. The number of nitrogens with one attached hydrogen (secondary N) is 1. The van der Waals surface area contributed by atoms with Crippen molar-refractivity contribution in [1.82, 2.24) is 0 Å². The first-order valence-corrected chi connectivity index (χ1v) is 3.83. The fraction of sp³-hybridized carbons (Fsp3) is 0.100. The third-order valence-electron chi connectivity index (χ3n) is 1.64. The number of benzene rings is 1. The van der Waals surface area contributed by atoms with Crippen LogP contribution in [0, 0.1) is 0 Å². The Morgan fingerprint density at radius 1 is 1.25 bits per heavy atom. The minimum Gasteiger partial charge on any atom is -0.503 e. The zero-order valence-corrected chi connectivity index (χ0v) is 6.58. The van der Waals surface area contributed by atoms with Crippen LogP contribution < -0.4 is 4.99 Å². The van der Waals surface area contributed by atoms with Gasteiger partial charge >= 0.3 is 0 Å². The molecule has 1 aromatic carbocycles. The fourth-order valence-electron chi connectivity index (χ4n) is 0.944. The Labute approximate surface area is 71.2 Å². The molecule has 0 unspecified atom stereocenters. The van der Waals surface area contributed by atoms with Gasteiger partial charge in [0.15, 0.2) is 6.21 Å². The number of allylic oxidation sites excluding steroid dienone is 1. The molecule has 0 bridgehead atoms. The van der Waals surface area contributed by atoms with Crippen LogP contribution in [0.2, 0.25) is 0 Å². The first kappa shape index (κ1) is 7.10. The Hall–Kier alpha value is -1.57. The van der Waals surface area contributed by atoms with Gasteiger partial charge in [-0.05, 0) is 5.56 Å². The summed E-state index contributed by atoms with van der Waals surface area (Å²) in [5.74, 6) is 0.791. The Bertz CT molecular complexity index is 314. The molecule has 2 rings (SSSR count). The highest BCUT2D eigenvalue weighted by Gasteiger charge is 2.00. The molecule has 60 valence electrons. The van der Waals surface area contributed by atoms with Gasteiger partial charge in [-0.3, -0.25) is 0 Å². The maximum atomic E-state index is 5.35. The van der Waals surface area contributed by atoms with Gasteiger partial charge in [-0.25, -0.2) is 0 Å². The lowest BCUT2D eigenvalue weighted by Crippen LogP contribution is -2.68. The Morgan fingerprint density at radius 3 is 2.58 bits per heavy atom. The van der Waals surface area contributed by atoms with Crippen LogP contribution >= 0.6 is 0 Å². The van der Waals surface area contributed by atoms with E-state index in [-0.39, 0.29) is 0 Å². The third-order valence-corrected chi connectivity index (χ3v) is 1.64. The maximum absolute atomic E-state index is 5.35. The van der Waals surface area contributed by atoms with Crippen molar-refractivity contribution >= 4 is 6.21 Å². The van der Waals surface area contributed by atoms with Gasteiger partial charge in [-0.1, -0.05) is 30.3 Å². The number of ether oxygens (including phenoxy) is 1. The van der Waals surface area contributed by atoms with Gasteiger partial charge in [0, 0.05) is 0 Å². The molecule has 0 saturated carbocycles. The van der Waals surface area contributed by atoms with Crippen molar-refractivity contribution in [3.8, 4) is 0 Å². The molecular weight excluding hydrogens is 150 g/mol. The molecule has 0 fully saturated rings. The third kappa shape index (κ3) is 1.53. The topological polar surface area (TPSA) is 23.2 Å². The van der Waals surface area contributed by atoms with Crippen LogP contribution in [0.4, 0.5) is 0 Å². The van der Waals surface area contributed by atoms with Crippen molar-refractivity contribution in [2.24, 2.45) is 0 Å². The predicted molar refractivity (Wildman–Crippen MR) is 45.3 cm³/mol. The standard InChI is InChI=1S/C10H9NO/c1-2-4-9(5-3-1)8-12-10-6-11-7-10/h1-6,11H,8H2. The van der Waals surface area contributed by atoms with Gasteiger partial charge < -0.3 is 9.73 Å². The van der Waals surface area contributed by atoms with E-state index in [4.69, 9.17) is 4.74 Å². The average Bonchev–Trinajstić information content (AvgIpc) is 2.04. The summed E-state index contributed by atoms with van der Waals surface area (Å²) < 4.78 is 5.35. The van der Waals surface area contributed by atoms with E-state index in [9.17, 15) is 0 Å². The van der Waals surface area contributed by atoms with E-state index in [2.05, 4.69) is 11.2 Å². The first-order chi connectivity index (χ1) is 5.95. The summed E-state index contributed by atoms with van der Waals surface area (Å²) in [6.45, 7) is 0.612. The highest BCUT2D eigenvalue weighted by Crippen LogP contribution is 2.03. The van der Waals surface area contributed by atoms with Crippen LogP contribution in [0.1, 0.15) is 5.56 Å². The van der Waals surface area contributed by atoms with E-state index in [0.717, 1.165) is 5.76 Å². The van der Waals surface area contributed by atoms with E-state index in [1.54, 1.807) is 6.20 Å². The van der Waals surface area contributed by atoms with Crippen LogP contribution in [0.25, 0.3) is 0 Å². The summed E-state index contributed by atoms with van der Waals surface area (Å²) in [5.41, 5.74) is 1.17. The van der Waals surface area contributed by atoms with Crippen LogP contribution in [-0.4, -0.2) is 6.21 Å². The molecule has 0 aliphatic carbocycles. The van der Waals surface area contributed by atoms with Gasteiger partial charge in [0.1, 0.15) is 18.6 Å². The lowest BCUT2D eigenvalue weighted by atomic mass is 10.2. The molecule has 0 radical (unpaired) electrons. The van der Waals surface area contributed by atoms with Crippen molar-refractivity contribution in [3.05, 3.63) is 47.9 Å². The molecule has 1 aliphatic rings. The highest BCUT2D eigenvalue weighted by atomic mass is 16.5. The number of rotatable bonds is 3. The Balaban J connectivity index is 1.88. The summed E-state index contributed by atoms with van der Waals surface area (Å²) in [6, 6.07) is 10.1. The zero-order chi connectivity index (χ0) is 8.23. The minimum atomic E-state index is 0.612.